The monoisotopic (exact) mass is 180 g/mol. The molecule has 0 fully saturated rings. The number of halogens is 1. The van der Waals surface area contributed by atoms with Crippen molar-refractivity contribution in [3.05, 3.63) is 29.6 Å². The van der Waals surface area contributed by atoms with Gasteiger partial charge in [0.2, 0.25) is 0 Å². The maximum atomic E-state index is 12.9. The van der Waals surface area contributed by atoms with Crippen LogP contribution in [0.2, 0.25) is 0 Å². The Hall–Kier alpha value is -1.09. The number of rotatable bonds is 1. The maximum Gasteiger partial charge on any atom is 0.123 e. The van der Waals surface area contributed by atoms with E-state index in [9.17, 15) is 4.39 Å². The lowest BCUT2D eigenvalue weighted by Gasteiger charge is -2.16. The smallest absolute Gasteiger partial charge is 0.123 e. The van der Waals surface area contributed by atoms with Crippen molar-refractivity contribution in [3.8, 4) is 0 Å². The minimum absolute atomic E-state index is 0.0364. The Morgan fingerprint density at radius 3 is 3.08 bits per heavy atom. The highest BCUT2D eigenvalue weighted by molar-refractivity contribution is 5.59. The third-order valence-corrected chi connectivity index (χ3v) is 2.53. The van der Waals surface area contributed by atoms with Gasteiger partial charge in [-0.2, -0.15) is 0 Å². The van der Waals surface area contributed by atoms with Crippen molar-refractivity contribution in [3.63, 3.8) is 0 Å². The number of hydrogen-bond acceptors (Lipinski definition) is 2. The summed E-state index contributed by atoms with van der Waals surface area (Å²) in [4.78, 5) is 2.17. The van der Waals surface area contributed by atoms with Gasteiger partial charge in [0.25, 0.3) is 0 Å². The van der Waals surface area contributed by atoms with E-state index in [1.165, 1.54) is 12.1 Å². The van der Waals surface area contributed by atoms with Gasteiger partial charge in [0.1, 0.15) is 5.82 Å². The summed E-state index contributed by atoms with van der Waals surface area (Å²) in [6, 6.07) is 4.79. The van der Waals surface area contributed by atoms with E-state index in [1.54, 1.807) is 6.07 Å². The minimum Gasteiger partial charge on any atom is -0.370 e. The average molecular weight is 180 g/mol. The van der Waals surface area contributed by atoms with Crippen LogP contribution in [0.1, 0.15) is 18.5 Å². The van der Waals surface area contributed by atoms with Gasteiger partial charge in [-0.15, -0.1) is 0 Å². The first kappa shape index (κ1) is 8.51. The molecule has 1 aliphatic heterocycles. The Morgan fingerprint density at radius 1 is 1.62 bits per heavy atom. The second-order valence-electron chi connectivity index (χ2n) is 3.35. The summed E-state index contributed by atoms with van der Waals surface area (Å²) in [5, 5.41) is 0. The first-order valence-electron chi connectivity index (χ1n) is 4.52. The van der Waals surface area contributed by atoms with Crippen LogP contribution in [0, 0.1) is 5.82 Å². The van der Waals surface area contributed by atoms with Crippen LogP contribution < -0.4 is 10.6 Å². The topological polar surface area (TPSA) is 29.3 Å². The molecule has 0 radical (unpaired) electrons. The Morgan fingerprint density at radius 2 is 2.38 bits per heavy atom. The first-order valence-corrected chi connectivity index (χ1v) is 4.52. The molecule has 0 aliphatic carbocycles. The van der Waals surface area contributed by atoms with Crippen molar-refractivity contribution in [1.82, 2.24) is 0 Å². The molecule has 1 aromatic carbocycles. The molecule has 0 bridgehead atoms. The van der Waals surface area contributed by atoms with E-state index in [1.807, 2.05) is 0 Å². The molecule has 1 aliphatic rings. The summed E-state index contributed by atoms with van der Waals surface area (Å²) in [5.74, 6) is -0.202. The average Bonchev–Trinajstić information content (AvgIpc) is 2.43. The van der Waals surface area contributed by atoms with E-state index in [0.29, 0.717) is 0 Å². The quantitative estimate of drug-likeness (QED) is 0.712. The van der Waals surface area contributed by atoms with Gasteiger partial charge in [0, 0.05) is 24.8 Å². The van der Waals surface area contributed by atoms with Crippen molar-refractivity contribution in [2.24, 2.45) is 5.73 Å². The SMILES string of the molecule is CCN1CC(N)c2cc(F)ccc21. The largest absolute Gasteiger partial charge is 0.370 e. The Balaban J connectivity index is 2.46. The highest BCUT2D eigenvalue weighted by Gasteiger charge is 2.24. The van der Waals surface area contributed by atoms with E-state index in [2.05, 4.69) is 11.8 Å². The second-order valence-corrected chi connectivity index (χ2v) is 3.35. The normalized spacial score (nSPS) is 20.5. The molecule has 3 heteroatoms. The van der Waals surface area contributed by atoms with Crippen LogP contribution >= 0.6 is 0 Å². The fourth-order valence-corrected chi connectivity index (χ4v) is 1.84. The van der Waals surface area contributed by atoms with E-state index < -0.39 is 0 Å². The number of nitrogens with zero attached hydrogens (tertiary/aromatic N) is 1. The zero-order valence-electron chi connectivity index (χ0n) is 7.63. The molecule has 2 nitrogen and oxygen atoms in total. The fourth-order valence-electron chi connectivity index (χ4n) is 1.84. The second kappa shape index (κ2) is 3.00. The van der Waals surface area contributed by atoms with Crippen LogP contribution in [-0.2, 0) is 0 Å². The van der Waals surface area contributed by atoms with Gasteiger partial charge in [-0.05, 0) is 30.7 Å². The molecule has 0 spiro atoms. The van der Waals surface area contributed by atoms with Gasteiger partial charge >= 0.3 is 0 Å². The van der Waals surface area contributed by atoms with Crippen molar-refractivity contribution in [2.45, 2.75) is 13.0 Å². The van der Waals surface area contributed by atoms with Crippen molar-refractivity contribution in [2.75, 3.05) is 18.0 Å². The highest BCUT2D eigenvalue weighted by Crippen LogP contribution is 2.33. The van der Waals surface area contributed by atoms with Gasteiger partial charge in [-0.25, -0.2) is 4.39 Å². The summed E-state index contributed by atoms with van der Waals surface area (Å²) >= 11 is 0. The number of likely N-dealkylation sites (N-methyl/N-ethyl adjacent to an activating group) is 1. The maximum absolute atomic E-state index is 12.9. The lowest BCUT2D eigenvalue weighted by molar-refractivity contribution is 0.624. The molecule has 1 atom stereocenters. The van der Waals surface area contributed by atoms with Crippen LogP contribution in [0.4, 0.5) is 10.1 Å². The van der Waals surface area contributed by atoms with Crippen molar-refractivity contribution in [1.29, 1.82) is 0 Å². The molecule has 1 unspecified atom stereocenters. The molecule has 0 aromatic heterocycles. The lowest BCUT2D eigenvalue weighted by Crippen LogP contribution is -2.23. The van der Waals surface area contributed by atoms with Gasteiger partial charge < -0.3 is 10.6 Å². The van der Waals surface area contributed by atoms with Gasteiger partial charge in [-0.1, -0.05) is 0 Å². The molecular formula is C10H13FN2. The number of benzene rings is 1. The van der Waals surface area contributed by atoms with Crippen LogP contribution in [-0.4, -0.2) is 13.1 Å². The third kappa shape index (κ3) is 1.29. The summed E-state index contributed by atoms with van der Waals surface area (Å²) < 4.78 is 12.9. The number of anilines is 1. The van der Waals surface area contributed by atoms with E-state index >= 15 is 0 Å². The van der Waals surface area contributed by atoms with Crippen LogP contribution in [0.25, 0.3) is 0 Å². The molecule has 1 aromatic rings. The molecular weight excluding hydrogens is 167 g/mol. The predicted octanol–water partition coefficient (Wildman–Crippen LogP) is 1.67. The van der Waals surface area contributed by atoms with Crippen LogP contribution in [0.3, 0.4) is 0 Å². The van der Waals surface area contributed by atoms with Crippen LogP contribution in [0.5, 0.6) is 0 Å². The molecule has 70 valence electrons. The van der Waals surface area contributed by atoms with Gasteiger partial charge in [0.15, 0.2) is 0 Å². The van der Waals surface area contributed by atoms with Gasteiger partial charge in [0.05, 0.1) is 0 Å². The zero-order valence-corrected chi connectivity index (χ0v) is 7.63. The zero-order chi connectivity index (χ0) is 9.42. The van der Waals surface area contributed by atoms with Crippen molar-refractivity contribution >= 4 is 5.69 Å². The summed E-state index contributed by atoms with van der Waals surface area (Å²) in [7, 11) is 0. The standard InChI is InChI=1S/C10H13FN2/c1-2-13-6-9(12)8-5-7(11)3-4-10(8)13/h3-5,9H,2,6,12H2,1H3. The lowest BCUT2D eigenvalue weighted by atomic mass is 10.1. The molecule has 0 saturated heterocycles. The fraction of sp³-hybridized carbons (Fsp3) is 0.400. The van der Waals surface area contributed by atoms with E-state index in [4.69, 9.17) is 5.73 Å². The number of fused-ring (bicyclic) bond motifs is 1. The third-order valence-electron chi connectivity index (χ3n) is 2.53. The first-order chi connectivity index (χ1) is 6.22. The Bertz CT molecular complexity index is 325. The Kier molecular flexibility index (Phi) is 1.96. The summed E-state index contributed by atoms with van der Waals surface area (Å²) in [6.45, 7) is 3.80. The molecule has 0 amide bonds. The molecule has 13 heavy (non-hydrogen) atoms. The summed E-state index contributed by atoms with van der Waals surface area (Å²) in [5.41, 5.74) is 7.89. The predicted molar refractivity (Wildman–Crippen MR) is 51.2 cm³/mol. The summed E-state index contributed by atoms with van der Waals surface area (Å²) in [6.07, 6.45) is 0. The van der Waals surface area contributed by atoms with E-state index in [0.717, 1.165) is 24.3 Å². The Labute approximate surface area is 77.2 Å². The van der Waals surface area contributed by atoms with E-state index in [-0.39, 0.29) is 11.9 Å². The number of nitrogens with two attached hydrogens (primary N) is 1. The van der Waals surface area contributed by atoms with Crippen molar-refractivity contribution < 1.29 is 4.39 Å². The molecule has 1 heterocycles. The van der Waals surface area contributed by atoms with Gasteiger partial charge in [-0.3, -0.25) is 0 Å². The highest BCUT2D eigenvalue weighted by atomic mass is 19.1. The molecule has 0 saturated carbocycles. The molecule has 2 N–H and O–H groups in total. The minimum atomic E-state index is -0.202. The molecule has 2 rings (SSSR count). The van der Waals surface area contributed by atoms with Crippen LogP contribution in [0.15, 0.2) is 18.2 Å². The number of hydrogen-bond donors (Lipinski definition) is 1.